The summed E-state index contributed by atoms with van der Waals surface area (Å²) < 4.78 is 9.64. The number of fused-ring (bicyclic) bond motifs is 11. The third-order valence-corrected chi connectivity index (χ3v) is 20.3. The summed E-state index contributed by atoms with van der Waals surface area (Å²) in [7, 11) is 0. The molecule has 0 bridgehead atoms. The zero-order valence-electron chi connectivity index (χ0n) is 50.5. The van der Waals surface area contributed by atoms with Crippen LogP contribution in [0.25, 0.3) is 38.6 Å². The standard InChI is InChI=1S/C84H55B2N5OS/c1-8-28-56(29-9-1)66-52-75-67(65-42-22-25-45-72(65)89(75)61-38-18-6-19-39-61)53-74(66)91-76-55-81-71(86-69-44-24-27-47-79(69)92-80-50-64(51-82(93-81)84(80)86)88(59-34-14-4-15-35-59)60-36-16-5-17-37-60)54-70(76)85-68-43-23-26-46-73(68)90(62-40-20-7-21-41-62)77-48-63(49-78(91)83(77)85)87(57-30-10-2-11-31-57)58-32-12-3-13-33-58/h1-55H. The van der Waals surface area contributed by atoms with Crippen molar-refractivity contribution >= 4 is 148 Å². The molecule has 0 saturated heterocycles. The van der Waals surface area contributed by atoms with Crippen LogP contribution in [0.1, 0.15) is 0 Å². The summed E-state index contributed by atoms with van der Waals surface area (Å²) in [4.78, 5) is 12.4. The number of hydrogen-bond donors (Lipinski definition) is 0. The van der Waals surface area contributed by atoms with Gasteiger partial charge < -0.3 is 28.9 Å². The van der Waals surface area contributed by atoms with Crippen LogP contribution in [-0.4, -0.2) is 18.0 Å². The highest BCUT2D eigenvalue weighted by molar-refractivity contribution is 8.00. The fraction of sp³-hybridized carbons (Fsp3) is 0. The van der Waals surface area contributed by atoms with Crippen molar-refractivity contribution in [2.24, 2.45) is 0 Å². The van der Waals surface area contributed by atoms with Gasteiger partial charge in [-0.2, -0.15) is 0 Å². The summed E-state index contributed by atoms with van der Waals surface area (Å²) in [5.74, 6) is 1.75. The van der Waals surface area contributed by atoms with Gasteiger partial charge in [0, 0.05) is 89.1 Å². The number of nitrogens with zero attached hydrogens (tertiary/aromatic N) is 5. The second kappa shape index (κ2) is 21.5. The molecule has 15 aromatic rings. The van der Waals surface area contributed by atoms with Crippen molar-refractivity contribution in [3.63, 3.8) is 0 Å². The minimum atomic E-state index is -0.184. The molecule has 0 spiro atoms. The third-order valence-electron chi connectivity index (χ3n) is 19.2. The summed E-state index contributed by atoms with van der Waals surface area (Å²) in [5, 5.41) is 2.36. The van der Waals surface area contributed by atoms with Gasteiger partial charge in [-0.05, 0) is 160 Å². The topological polar surface area (TPSA) is 27.1 Å². The van der Waals surface area contributed by atoms with Crippen LogP contribution >= 0.6 is 11.8 Å². The molecular weight excluding hydrogens is 1150 g/mol. The lowest BCUT2D eigenvalue weighted by molar-refractivity contribution is 0.486. The van der Waals surface area contributed by atoms with Crippen molar-refractivity contribution in [1.82, 2.24) is 4.57 Å². The summed E-state index contributed by atoms with van der Waals surface area (Å²) in [6.07, 6.45) is 0. The average Bonchev–Trinajstić information content (AvgIpc) is 0.704. The quantitative estimate of drug-likeness (QED) is 0.127. The average molecular weight is 1200 g/mol. The minimum Gasteiger partial charge on any atom is -0.458 e. The maximum absolute atomic E-state index is 7.19. The van der Waals surface area contributed by atoms with Crippen molar-refractivity contribution in [3.05, 3.63) is 334 Å². The largest absolute Gasteiger partial charge is 0.458 e. The molecule has 19 rings (SSSR count). The van der Waals surface area contributed by atoms with Crippen LogP contribution in [-0.2, 0) is 0 Å². The first-order chi connectivity index (χ1) is 46.2. The summed E-state index contributed by atoms with van der Waals surface area (Å²) in [6.45, 7) is -0.310. The first kappa shape index (κ1) is 53.2. The molecule has 0 aliphatic carbocycles. The summed E-state index contributed by atoms with van der Waals surface area (Å²) >= 11 is 1.86. The molecule has 0 fully saturated rings. The predicted octanol–water partition coefficient (Wildman–Crippen LogP) is 18.6. The molecule has 9 heteroatoms. The maximum Gasteiger partial charge on any atom is 0.253 e. The molecule has 0 N–H and O–H groups in total. The zero-order valence-corrected chi connectivity index (χ0v) is 51.3. The number of rotatable bonds is 10. The van der Waals surface area contributed by atoms with Gasteiger partial charge in [-0.25, -0.2) is 0 Å². The second-order valence-electron chi connectivity index (χ2n) is 24.3. The highest BCUT2D eigenvalue weighted by atomic mass is 32.2. The van der Waals surface area contributed by atoms with E-state index < -0.39 is 0 Å². The van der Waals surface area contributed by atoms with Crippen LogP contribution in [0.15, 0.2) is 343 Å². The Morgan fingerprint density at radius 1 is 0.290 bits per heavy atom. The highest BCUT2D eigenvalue weighted by Gasteiger charge is 2.47. The number of hydrogen-bond acceptors (Lipinski definition) is 6. The van der Waals surface area contributed by atoms with E-state index in [1.54, 1.807) is 0 Å². The van der Waals surface area contributed by atoms with Crippen LogP contribution < -0.4 is 57.1 Å². The van der Waals surface area contributed by atoms with Crippen molar-refractivity contribution in [1.29, 1.82) is 0 Å². The Balaban J connectivity index is 0.943. The summed E-state index contributed by atoms with van der Waals surface area (Å²) in [6, 6.07) is 123. The Hall–Kier alpha value is -11.6. The first-order valence-corrected chi connectivity index (χ1v) is 32.7. The van der Waals surface area contributed by atoms with Gasteiger partial charge in [0.25, 0.3) is 13.4 Å². The third kappa shape index (κ3) is 8.47. The molecule has 0 amide bonds. The normalized spacial score (nSPS) is 12.9. The molecular formula is C84H55B2N5OS. The molecule has 1 aromatic heterocycles. The molecule has 0 radical (unpaired) electrons. The van der Waals surface area contributed by atoms with E-state index in [2.05, 4.69) is 358 Å². The second-order valence-corrected chi connectivity index (χ2v) is 25.4. The zero-order chi connectivity index (χ0) is 61.1. The van der Waals surface area contributed by atoms with Crippen molar-refractivity contribution in [3.8, 4) is 28.3 Å². The highest BCUT2D eigenvalue weighted by Crippen LogP contribution is 2.53. The summed E-state index contributed by atoms with van der Waals surface area (Å²) in [5.41, 5.74) is 26.1. The van der Waals surface area contributed by atoms with Crippen molar-refractivity contribution in [2.75, 3.05) is 19.6 Å². The molecule has 4 aliphatic rings. The van der Waals surface area contributed by atoms with Crippen LogP contribution in [0.3, 0.4) is 0 Å². The lowest BCUT2D eigenvalue weighted by Gasteiger charge is -2.46. The van der Waals surface area contributed by atoms with Gasteiger partial charge in [-0.15, -0.1) is 0 Å². The molecule has 6 nitrogen and oxygen atoms in total. The molecule has 14 aromatic carbocycles. The van der Waals surface area contributed by atoms with E-state index in [-0.39, 0.29) is 13.4 Å². The van der Waals surface area contributed by atoms with Crippen molar-refractivity contribution in [2.45, 2.75) is 9.79 Å². The van der Waals surface area contributed by atoms with E-state index in [1.807, 2.05) is 11.8 Å². The van der Waals surface area contributed by atoms with E-state index in [1.165, 1.54) is 47.9 Å². The van der Waals surface area contributed by atoms with E-state index in [0.29, 0.717) is 0 Å². The molecule has 0 atom stereocenters. The number of benzene rings is 14. The van der Waals surface area contributed by atoms with Gasteiger partial charge in [-0.1, -0.05) is 217 Å². The molecule has 0 saturated carbocycles. The van der Waals surface area contributed by atoms with Gasteiger partial charge in [0.2, 0.25) is 0 Å². The Labute approximate surface area is 545 Å². The van der Waals surface area contributed by atoms with E-state index in [0.717, 1.165) is 113 Å². The lowest BCUT2D eigenvalue weighted by Crippen LogP contribution is -2.64. The van der Waals surface area contributed by atoms with E-state index >= 15 is 0 Å². The van der Waals surface area contributed by atoms with Crippen LogP contribution in [0.4, 0.5) is 68.2 Å². The fourth-order valence-corrected chi connectivity index (χ4v) is 16.5. The Kier molecular flexibility index (Phi) is 12.3. The van der Waals surface area contributed by atoms with Gasteiger partial charge in [0.05, 0.1) is 28.1 Å². The van der Waals surface area contributed by atoms with Crippen LogP contribution in [0, 0.1) is 0 Å². The van der Waals surface area contributed by atoms with E-state index in [4.69, 9.17) is 4.74 Å². The van der Waals surface area contributed by atoms with Gasteiger partial charge >= 0.3 is 0 Å². The van der Waals surface area contributed by atoms with Crippen LogP contribution in [0.5, 0.6) is 11.5 Å². The monoisotopic (exact) mass is 1200 g/mol. The molecule has 0 unspecified atom stereocenters. The molecule has 5 heterocycles. The molecule has 93 heavy (non-hydrogen) atoms. The van der Waals surface area contributed by atoms with E-state index in [9.17, 15) is 0 Å². The molecule has 4 aliphatic heterocycles. The smallest absolute Gasteiger partial charge is 0.253 e. The Bertz CT molecular complexity index is 5350. The number of anilines is 12. The molecule has 434 valence electrons. The predicted molar refractivity (Wildman–Crippen MR) is 391 cm³/mol. The Morgan fingerprint density at radius 3 is 1.45 bits per heavy atom. The minimum absolute atomic E-state index is 0.126. The van der Waals surface area contributed by atoms with Crippen molar-refractivity contribution < 1.29 is 4.74 Å². The SMILES string of the molecule is c1ccc(-c2cc3c(cc2N2c4cc5c(cc4B4c6ccccc6N(c6ccccc6)c6cc(N(c7ccccc7)c7ccccc7)cc2c64)B2c4ccccc4Oc4cc(N(c6ccccc6)c6ccccc6)cc(c42)S5)c2ccccc2n3-c2ccccc2)cc1. The maximum atomic E-state index is 7.19. The number of ether oxygens (including phenoxy) is 1. The number of para-hydroxylation sites is 9. The fourth-order valence-electron chi connectivity index (χ4n) is 15.3. The lowest BCUT2D eigenvalue weighted by atomic mass is 9.31. The van der Waals surface area contributed by atoms with Gasteiger partial charge in [-0.3, -0.25) is 0 Å². The first-order valence-electron chi connectivity index (χ1n) is 31.9. The Morgan fingerprint density at radius 2 is 0.806 bits per heavy atom. The van der Waals surface area contributed by atoms with Gasteiger partial charge in [0.1, 0.15) is 11.5 Å². The van der Waals surface area contributed by atoms with Gasteiger partial charge in [0.15, 0.2) is 0 Å². The van der Waals surface area contributed by atoms with Crippen LogP contribution in [0.2, 0.25) is 0 Å². The number of aromatic nitrogens is 1.